The van der Waals surface area contributed by atoms with Crippen molar-refractivity contribution in [2.45, 2.75) is 12.8 Å². The van der Waals surface area contributed by atoms with Crippen molar-refractivity contribution in [3.05, 3.63) is 22.3 Å². The van der Waals surface area contributed by atoms with E-state index in [0.29, 0.717) is 13.0 Å². The van der Waals surface area contributed by atoms with Crippen LogP contribution in [0.5, 0.6) is 0 Å². The molecule has 0 N–H and O–H groups in total. The monoisotopic (exact) mass is 269 g/mol. The maximum atomic E-state index is 11.6. The molecule has 0 unspecified atom stereocenters. The first-order chi connectivity index (χ1) is 7.09. The molecule has 1 aliphatic carbocycles. The van der Waals surface area contributed by atoms with Crippen LogP contribution in [0.3, 0.4) is 0 Å². The molecule has 2 rings (SSSR count). The van der Waals surface area contributed by atoms with Gasteiger partial charge in [-0.2, -0.15) is 0 Å². The first kappa shape index (κ1) is 10.3. The summed E-state index contributed by atoms with van der Waals surface area (Å²) in [6.45, 7) is 0.523. The molecule has 0 bridgehead atoms. The van der Waals surface area contributed by atoms with Crippen LogP contribution in [0.1, 0.15) is 12.8 Å². The van der Waals surface area contributed by atoms with Crippen LogP contribution in [0.15, 0.2) is 22.3 Å². The summed E-state index contributed by atoms with van der Waals surface area (Å²) >= 11 is 2.99. The molecule has 0 atom stereocenters. The third-order valence-electron chi connectivity index (χ3n) is 2.38. The number of rotatable bonds is 1. The minimum atomic E-state index is -0.295. The second-order valence-electron chi connectivity index (χ2n) is 3.40. The summed E-state index contributed by atoms with van der Waals surface area (Å²) in [5.41, 5.74) is 0.200. The third-order valence-corrected chi connectivity index (χ3v) is 3.00. The Bertz CT molecular complexity index is 422. The average molecular weight is 270 g/mol. The van der Waals surface area contributed by atoms with Crippen molar-refractivity contribution in [3.8, 4) is 0 Å². The van der Waals surface area contributed by atoms with Crippen LogP contribution >= 0.6 is 15.9 Å². The maximum absolute atomic E-state index is 11.6. The van der Waals surface area contributed by atoms with Gasteiger partial charge in [-0.15, -0.1) is 0 Å². The number of allylic oxidation sites excluding steroid dienone is 3. The van der Waals surface area contributed by atoms with E-state index in [2.05, 4.69) is 15.9 Å². The van der Waals surface area contributed by atoms with Crippen molar-refractivity contribution >= 4 is 33.4 Å². The summed E-state index contributed by atoms with van der Waals surface area (Å²) in [7, 11) is 0. The molecule has 1 heterocycles. The summed E-state index contributed by atoms with van der Waals surface area (Å²) < 4.78 is 0.239. The second kappa shape index (κ2) is 3.73. The van der Waals surface area contributed by atoms with Crippen LogP contribution in [0.2, 0.25) is 0 Å². The Morgan fingerprint density at radius 2 is 1.87 bits per heavy atom. The SMILES string of the molecule is O=C1C=C(N2CCCC2=O)C(=O)C=C1Br. The molecule has 4 nitrogen and oxygen atoms in total. The number of amides is 1. The molecule has 1 saturated heterocycles. The zero-order valence-electron chi connectivity index (χ0n) is 7.83. The van der Waals surface area contributed by atoms with E-state index >= 15 is 0 Å². The van der Waals surface area contributed by atoms with Crippen molar-refractivity contribution in [1.29, 1.82) is 0 Å². The van der Waals surface area contributed by atoms with Gasteiger partial charge in [0.25, 0.3) is 0 Å². The lowest BCUT2D eigenvalue weighted by molar-refractivity contribution is -0.128. The molecule has 2 aliphatic rings. The number of likely N-dealkylation sites (tertiary alicyclic amines) is 1. The molecule has 1 aliphatic heterocycles. The fourth-order valence-electron chi connectivity index (χ4n) is 1.64. The van der Waals surface area contributed by atoms with Gasteiger partial charge in [-0.25, -0.2) is 0 Å². The lowest BCUT2D eigenvalue weighted by atomic mass is 10.1. The van der Waals surface area contributed by atoms with Gasteiger partial charge in [-0.1, -0.05) is 0 Å². The normalized spacial score (nSPS) is 21.9. The van der Waals surface area contributed by atoms with Crippen molar-refractivity contribution in [2.24, 2.45) is 0 Å². The smallest absolute Gasteiger partial charge is 0.227 e. The highest BCUT2D eigenvalue weighted by Gasteiger charge is 2.30. The summed E-state index contributed by atoms with van der Waals surface area (Å²) in [6.07, 6.45) is 3.62. The van der Waals surface area contributed by atoms with Gasteiger partial charge in [0, 0.05) is 25.1 Å². The molecule has 15 heavy (non-hydrogen) atoms. The summed E-state index contributed by atoms with van der Waals surface area (Å²) in [6, 6.07) is 0. The van der Waals surface area contributed by atoms with E-state index in [0.717, 1.165) is 6.42 Å². The van der Waals surface area contributed by atoms with E-state index in [9.17, 15) is 14.4 Å². The van der Waals surface area contributed by atoms with Gasteiger partial charge in [0.05, 0.1) is 10.2 Å². The molecule has 0 aromatic heterocycles. The predicted molar refractivity (Wildman–Crippen MR) is 56.1 cm³/mol. The van der Waals surface area contributed by atoms with Crippen molar-refractivity contribution < 1.29 is 14.4 Å². The molecular weight excluding hydrogens is 262 g/mol. The molecule has 0 spiro atoms. The van der Waals surface area contributed by atoms with E-state index in [-0.39, 0.29) is 27.7 Å². The minimum Gasteiger partial charge on any atom is -0.309 e. The molecule has 78 valence electrons. The number of hydrogen-bond acceptors (Lipinski definition) is 3. The molecule has 5 heteroatoms. The molecule has 1 fully saturated rings. The third kappa shape index (κ3) is 1.79. The lowest BCUT2D eigenvalue weighted by Gasteiger charge is -2.19. The van der Waals surface area contributed by atoms with Gasteiger partial charge in [-0.05, 0) is 22.4 Å². The van der Waals surface area contributed by atoms with E-state index in [1.165, 1.54) is 17.1 Å². The Labute approximate surface area is 94.7 Å². The summed E-state index contributed by atoms with van der Waals surface area (Å²) in [4.78, 5) is 35.7. The Kier molecular flexibility index (Phi) is 2.56. The Morgan fingerprint density at radius 3 is 2.47 bits per heavy atom. The Hall–Kier alpha value is -1.23. The number of nitrogens with zero attached hydrogens (tertiary/aromatic N) is 1. The number of hydrogen-bond donors (Lipinski definition) is 0. The van der Waals surface area contributed by atoms with Gasteiger partial charge in [0.15, 0.2) is 5.78 Å². The van der Waals surface area contributed by atoms with Crippen molar-refractivity contribution in [3.63, 3.8) is 0 Å². The Balaban J connectivity index is 2.31. The van der Waals surface area contributed by atoms with Crippen molar-refractivity contribution in [1.82, 2.24) is 4.90 Å². The molecule has 0 radical (unpaired) electrons. The van der Waals surface area contributed by atoms with E-state index in [1.54, 1.807) is 0 Å². The first-order valence-electron chi connectivity index (χ1n) is 4.57. The molecule has 1 amide bonds. The number of carbonyl (C=O) groups excluding carboxylic acids is 3. The zero-order chi connectivity index (χ0) is 11.0. The Morgan fingerprint density at radius 1 is 1.13 bits per heavy atom. The zero-order valence-corrected chi connectivity index (χ0v) is 9.41. The highest BCUT2D eigenvalue weighted by Crippen LogP contribution is 2.23. The topological polar surface area (TPSA) is 54.5 Å². The van der Waals surface area contributed by atoms with E-state index in [4.69, 9.17) is 0 Å². The molecule has 0 aromatic rings. The van der Waals surface area contributed by atoms with Crippen LogP contribution in [0, 0.1) is 0 Å². The predicted octanol–water partition coefficient (Wildman–Crippen LogP) is 0.923. The molecular formula is C10H8BrNO3. The second-order valence-corrected chi connectivity index (χ2v) is 4.25. The minimum absolute atomic E-state index is 0.0891. The van der Waals surface area contributed by atoms with E-state index < -0.39 is 0 Å². The van der Waals surface area contributed by atoms with Gasteiger partial charge >= 0.3 is 0 Å². The quantitative estimate of drug-likeness (QED) is 0.666. The fraction of sp³-hybridized carbons (Fsp3) is 0.300. The van der Waals surface area contributed by atoms with Crippen LogP contribution < -0.4 is 0 Å². The highest BCUT2D eigenvalue weighted by atomic mass is 79.9. The maximum Gasteiger partial charge on any atom is 0.227 e. The number of halogens is 1. The first-order valence-corrected chi connectivity index (χ1v) is 5.37. The van der Waals surface area contributed by atoms with Crippen molar-refractivity contribution in [2.75, 3.05) is 6.54 Å². The van der Waals surface area contributed by atoms with Crippen LogP contribution in [0.4, 0.5) is 0 Å². The number of carbonyl (C=O) groups is 3. The van der Waals surface area contributed by atoms with Gasteiger partial charge in [-0.3, -0.25) is 14.4 Å². The van der Waals surface area contributed by atoms with Gasteiger partial charge < -0.3 is 4.90 Å². The van der Waals surface area contributed by atoms with Crippen LogP contribution in [-0.4, -0.2) is 28.9 Å². The fourth-order valence-corrected chi connectivity index (χ4v) is 1.96. The van der Waals surface area contributed by atoms with E-state index in [1.807, 2.05) is 0 Å². The summed E-state index contributed by atoms with van der Waals surface area (Å²) in [5.74, 6) is -0.658. The molecule has 0 aromatic carbocycles. The van der Waals surface area contributed by atoms with Crippen LogP contribution in [0.25, 0.3) is 0 Å². The highest BCUT2D eigenvalue weighted by molar-refractivity contribution is 9.12. The lowest BCUT2D eigenvalue weighted by Crippen LogP contribution is -2.30. The number of ketones is 2. The largest absolute Gasteiger partial charge is 0.309 e. The average Bonchev–Trinajstić information content (AvgIpc) is 2.58. The van der Waals surface area contributed by atoms with Gasteiger partial charge in [0.1, 0.15) is 0 Å². The standard InChI is InChI=1S/C10H8BrNO3/c11-6-4-9(14)7(5-8(6)13)12-3-1-2-10(12)15/h4-5H,1-3H2. The van der Waals surface area contributed by atoms with Gasteiger partial charge in [0.2, 0.25) is 11.7 Å². The molecule has 0 saturated carbocycles. The van der Waals surface area contributed by atoms with Crippen LogP contribution in [-0.2, 0) is 14.4 Å². The summed E-state index contributed by atoms with van der Waals surface area (Å²) in [5, 5.41) is 0.